The monoisotopic (exact) mass is 467 g/mol. The number of hydrogen-bond acceptors (Lipinski definition) is 4. The molecule has 4 rings (SSSR count). The van der Waals surface area contributed by atoms with Crippen LogP contribution in [0.4, 0.5) is 10.1 Å². The molecule has 2 heterocycles. The lowest BCUT2D eigenvalue weighted by atomic mass is 9.95. The van der Waals surface area contributed by atoms with Crippen molar-refractivity contribution < 1.29 is 14.3 Å². The summed E-state index contributed by atoms with van der Waals surface area (Å²) in [6.45, 7) is 7.45. The van der Waals surface area contributed by atoms with Gasteiger partial charge in [-0.2, -0.15) is 0 Å². The SMILES string of the molecule is CC(C)(F)CN1CCC(CNc2ccc(-c3ccc(C(=O)N4CCC[C@H]4CO)cc3)cc2)CC1. The number of aliphatic hydroxyl groups is 1. The highest BCUT2D eigenvalue weighted by Crippen LogP contribution is 2.25. The summed E-state index contributed by atoms with van der Waals surface area (Å²) >= 11 is 0. The van der Waals surface area contributed by atoms with E-state index < -0.39 is 5.67 Å². The molecule has 1 atom stereocenters. The van der Waals surface area contributed by atoms with Gasteiger partial charge >= 0.3 is 0 Å². The van der Waals surface area contributed by atoms with E-state index in [0.29, 0.717) is 18.0 Å². The third-order valence-electron chi connectivity index (χ3n) is 7.10. The van der Waals surface area contributed by atoms with Crippen molar-refractivity contribution in [2.45, 2.75) is 51.2 Å². The molecule has 0 aliphatic carbocycles. The molecule has 2 N–H and O–H groups in total. The maximum absolute atomic E-state index is 13.9. The molecule has 2 aliphatic rings. The van der Waals surface area contributed by atoms with Crippen molar-refractivity contribution in [3.05, 3.63) is 54.1 Å². The average Bonchev–Trinajstić information content (AvgIpc) is 3.32. The van der Waals surface area contributed by atoms with Gasteiger partial charge in [0, 0.05) is 30.9 Å². The second-order valence-electron chi connectivity index (χ2n) is 10.5. The molecule has 0 saturated carbocycles. The second kappa shape index (κ2) is 10.9. The third kappa shape index (κ3) is 6.36. The number of likely N-dealkylation sites (tertiary alicyclic amines) is 2. The van der Waals surface area contributed by atoms with E-state index in [-0.39, 0.29) is 18.6 Å². The summed E-state index contributed by atoms with van der Waals surface area (Å²) in [7, 11) is 0. The average molecular weight is 468 g/mol. The van der Waals surface area contributed by atoms with E-state index in [1.54, 1.807) is 18.7 Å². The Labute approximate surface area is 203 Å². The van der Waals surface area contributed by atoms with Crippen molar-refractivity contribution in [1.29, 1.82) is 0 Å². The summed E-state index contributed by atoms with van der Waals surface area (Å²) in [5.74, 6) is 0.617. The summed E-state index contributed by atoms with van der Waals surface area (Å²) in [4.78, 5) is 16.8. The molecule has 2 saturated heterocycles. The Bertz CT molecular complexity index is 932. The van der Waals surface area contributed by atoms with Crippen molar-refractivity contribution in [3.63, 3.8) is 0 Å². The minimum atomic E-state index is -1.13. The molecule has 0 aromatic heterocycles. The Kier molecular flexibility index (Phi) is 7.89. The van der Waals surface area contributed by atoms with E-state index in [4.69, 9.17) is 0 Å². The molecular weight excluding hydrogens is 429 g/mol. The van der Waals surface area contributed by atoms with Crippen LogP contribution in [0.3, 0.4) is 0 Å². The van der Waals surface area contributed by atoms with Crippen LogP contribution in [0.25, 0.3) is 11.1 Å². The fraction of sp³-hybridized carbons (Fsp3) is 0.536. The molecule has 2 aromatic rings. The number of benzene rings is 2. The smallest absolute Gasteiger partial charge is 0.254 e. The van der Waals surface area contributed by atoms with Gasteiger partial charge in [-0.3, -0.25) is 4.79 Å². The Morgan fingerprint density at radius 2 is 1.62 bits per heavy atom. The van der Waals surface area contributed by atoms with Crippen LogP contribution in [-0.4, -0.2) is 71.9 Å². The van der Waals surface area contributed by atoms with Gasteiger partial charge in [0.15, 0.2) is 0 Å². The lowest BCUT2D eigenvalue weighted by Gasteiger charge is -2.34. The summed E-state index contributed by atoms with van der Waals surface area (Å²) in [5.41, 5.74) is 2.84. The number of aliphatic hydroxyl groups excluding tert-OH is 1. The summed E-state index contributed by atoms with van der Waals surface area (Å²) in [6, 6.07) is 16.1. The first-order valence-corrected chi connectivity index (χ1v) is 12.6. The number of carbonyl (C=O) groups is 1. The number of anilines is 1. The van der Waals surface area contributed by atoms with Crippen LogP contribution in [-0.2, 0) is 0 Å². The number of hydrogen-bond donors (Lipinski definition) is 2. The standard InChI is InChI=1S/C28H38FN3O2/c1-28(2,29)20-31-16-13-21(14-17-31)18-30-25-11-9-23(10-12-25)22-5-7-24(8-6-22)27(34)32-15-3-4-26(32)19-33/h5-12,21,26,30,33H,3-4,13-20H2,1-2H3/t26-/m0/s1. The first-order chi connectivity index (χ1) is 16.3. The first-order valence-electron chi connectivity index (χ1n) is 12.6. The van der Waals surface area contributed by atoms with Crippen LogP contribution >= 0.6 is 0 Å². The lowest BCUT2D eigenvalue weighted by molar-refractivity contribution is 0.0677. The number of nitrogens with zero attached hydrogens (tertiary/aromatic N) is 2. The first kappa shape index (κ1) is 24.7. The molecule has 0 unspecified atom stereocenters. The van der Waals surface area contributed by atoms with Crippen LogP contribution in [0.15, 0.2) is 48.5 Å². The van der Waals surface area contributed by atoms with Gasteiger partial charge in [-0.05, 0) is 93.9 Å². The van der Waals surface area contributed by atoms with Crippen LogP contribution in [0.5, 0.6) is 0 Å². The van der Waals surface area contributed by atoms with Gasteiger partial charge < -0.3 is 20.2 Å². The van der Waals surface area contributed by atoms with Crippen molar-refractivity contribution in [1.82, 2.24) is 9.80 Å². The minimum absolute atomic E-state index is 0.00175. The third-order valence-corrected chi connectivity index (χ3v) is 7.10. The summed E-state index contributed by atoms with van der Waals surface area (Å²) in [5, 5.41) is 13.1. The van der Waals surface area contributed by atoms with E-state index >= 15 is 0 Å². The Morgan fingerprint density at radius 1 is 1.00 bits per heavy atom. The Hall–Kier alpha value is -2.44. The normalized spacial score (nSPS) is 20.0. The van der Waals surface area contributed by atoms with Gasteiger partial charge in [-0.1, -0.05) is 24.3 Å². The topological polar surface area (TPSA) is 55.8 Å². The van der Waals surface area contributed by atoms with E-state index in [0.717, 1.165) is 68.7 Å². The van der Waals surface area contributed by atoms with Crippen molar-refractivity contribution in [2.75, 3.05) is 44.6 Å². The van der Waals surface area contributed by atoms with Crippen molar-refractivity contribution in [3.8, 4) is 11.1 Å². The number of alkyl halides is 1. The zero-order chi connectivity index (χ0) is 24.1. The second-order valence-corrected chi connectivity index (χ2v) is 10.5. The highest BCUT2D eigenvalue weighted by atomic mass is 19.1. The van der Waals surface area contributed by atoms with E-state index in [1.165, 1.54) is 0 Å². The maximum atomic E-state index is 13.9. The molecule has 0 bridgehead atoms. The zero-order valence-corrected chi connectivity index (χ0v) is 20.5. The number of piperidine rings is 1. The van der Waals surface area contributed by atoms with Crippen molar-refractivity contribution >= 4 is 11.6 Å². The predicted molar refractivity (Wildman–Crippen MR) is 136 cm³/mol. The Morgan fingerprint density at radius 3 is 2.21 bits per heavy atom. The van der Waals surface area contributed by atoms with Gasteiger partial charge in [-0.15, -0.1) is 0 Å². The molecule has 2 aliphatic heterocycles. The molecule has 5 nitrogen and oxygen atoms in total. The number of rotatable bonds is 8. The quantitative estimate of drug-likeness (QED) is 0.584. The summed E-state index contributed by atoms with van der Waals surface area (Å²) < 4.78 is 13.9. The lowest BCUT2D eigenvalue weighted by Crippen LogP contribution is -2.42. The van der Waals surface area contributed by atoms with Gasteiger partial charge in [0.1, 0.15) is 5.67 Å². The number of nitrogens with one attached hydrogen (secondary N) is 1. The Balaban J connectivity index is 1.27. The van der Waals surface area contributed by atoms with Crippen LogP contribution < -0.4 is 5.32 Å². The predicted octanol–water partition coefficient (Wildman–Crippen LogP) is 4.82. The van der Waals surface area contributed by atoms with Gasteiger partial charge in [0.05, 0.1) is 12.6 Å². The zero-order valence-electron chi connectivity index (χ0n) is 20.5. The fourth-order valence-electron chi connectivity index (χ4n) is 5.19. The van der Waals surface area contributed by atoms with E-state index in [2.05, 4.69) is 34.5 Å². The number of halogens is 1. The van der Waals surface area contributed by atoms with Crippen LogP contribution in [0.1, 0.15) is 49.9 Å². The molecule has 34 heavy (non-hydrogen) atoms. The summed E-state index contributed by atoms with van der Waals surface area (Å²) in [6.07, 6.45) is 4.02. The molecule has 1 amide bonds. The molecule has 0 radical (unpaired) electrons. The molecule has 2 fully saturated rings. The van der Waals surface area contributed by atoms with Gasteiger partial charge in [0.2, 0.25) is 0 Å². The highest BCUT2D eigenvalue weighted by molar-refractivity contribution is 5.95. The number of amides is 1. The molecule has 6 heteroatoms. The molecular formula is C28H38FN3O2. The fourth-order valence-corrected chi connectivity index (χ4v) is 5.19. The van der Waals surface area contributed by atoms with Crippen LogP contribution in [0, 0.1) is 5.92 Å². The molecule has 0 spiro atoms. The number of carbonyl (C=O) groups excluding carboxylic acids is 1. The maximum Gasteiger partial charge on any atom is 0.254 e. The van der Waals surface area contributed by atoms with Crippen LogP contribution in [0.2, 0.25) is 0 Å². The van der Waals surface area contributed by atoms with Gasteiger partial charge in [0.25, 0.3) is 5.91 Å². The van der Waals surface area contributed by atoms with E-state index in [9.17, 15) is 14.3 Å². The van der Waals surface area contributed by atoms with Gasteiger partial charge in [-0.25, -0.2) is 4.39 Å². The minimum Gasteiger partial charge on any atom is -0.394 e. The van der Waals surface area contributed by atoms with Crippen molar-refractivity contribution in [2.24, 2.45) is 5.92 Å². The highest BCUT2D eigenvalue weighted by Gasteiger charge is 2.28. The van der Waals surface area contributed by atoms with E-state index in [1.807, 2.05) is 24.3 Å². The molecule has 184 valence electrons. The largest absolute Gasteiger partial charge is 0.394 e. The molecule has 2 aromatic carbocycles.